The van der Waals surface area contributed by atoms with Crippen LogP contribution in [0.25, 0.3) is 0 Å². The van der Waals surface area contributed by atoms with Crippen molar-refractivity contribution in [3.05, 3.63) is 0 Å². The number of aliphatic imine (C=N–C) groups is 1. The number of rotatable bonds is 0. The largest absolute Gasteiger partial charge is 0.357 e. The van der Waals surface area contributed by atoms with Crippen LogP contribution in [0.4, 0.5) is 0 Å². The lowest BCUT2D eigenvalue weighted by molar-refractivity contribution is 0.603. The molecular weight excluding hydrogens is 120 g/mol. The molecule has 1 rings (SSSR count). The Labute approximate surface area is 54.0 Å². The van der Waals surface area contributed by atoms with Gasteiger partial charge in [0, 0.05) is 7.05 Å². The Morgan fingerprint density at radius 2 is 2.62 bits per heavy atom. The van der Waals surface area contributed by atoms with Gasteiger partial charge in [0.25, 0.3) is 0 Å². The highest BCUT2D eigenvalue weighted by Gasteiger charge is 2.04. The summed E-state index contributed by atoms with van der Waals surface area (Å²) in [6.07, 6.45) is 1.89. The van der Waals surface area contributed by atoms with Crippen LogP contribution in [0.15, 0.2) is 4.99 Å². The highest BCUT2D eigenvalue weighted by molar-refractivity contribution is 7.99. The highest BCUT2D eigenvalue weighted by atomic mass is 32.2. The minimum atomic E-state index is 0.464. The number of hydrogen-bond donors (Lipinski definition) is 0. The normalized spacial score (nSPS) is 28.8. The molecule has 0 radical (unpaired) electrons. The minimum Gasteiger partial charge on any atom is -0.357 e. The zero-order chi connectivity index (χ0) is 5.98. The fourth-order valence-corrected chi connectivity index (χ4v) is 1.17. The molecule has 0 aromatic rings. The standard InChI is InChI=1S/C5H10N2S/c1-5-6-3-7(2)4-8-5/h3,5H,4H2,1-2H3. The SMILES string of the molecule is CC1N=CN(C)CS1. The molecule has 0 bridgehead atoms. The van der Waals surface area contributed by atoms with Crippen molar-refractivity contribution in [3.63, 3.8) is 0 Å². The minimum absolute atomic E-state index is 0.464. The first-order valence-electron chi connectivity index (χ1n) is 2.64. The van der Waals surface area contributed by atoms with Gasteiger partial charge in [-0.1, -0.05) is 0 Å². The predicted molar refractivity (Wildman–Crippen MR) is 38.2 cm³/mol. The Bertz CT molecular complexity index is 90.6. The quantitative estimate of drug-likeness (QED) is 0.486. The van der Waals surface area contributed by atoms with E-state index in [4.69, 9.17) is 0 Å². The van der Waals surface area contributed by atoms with Crippen molar-refractivity contribution in [2.45, 2.75) is 12.3 Å². The van der Waals surface area contributed by atoms with Crippen molar-refractivity contribution in [3.8, 4) is 0 Å². The van der Waals surface area contributed by atoms with E-state index in [0.717, 1.165) is 5.88 Å². The van der Waals surface area contributed by atoms with Gasteiger partial charge < -0.3 is 4.90 Å². The monoisotopic (exact) mass is 130 g/mol. The molecule has 1 aliphatic heterocycles. The first-order valence-corrected chi connectivity index (χ1v) is 3.69. The second kappa shape index (κ2) is 2.40. The third-order valence-electron chi connectivity index (χ3n) is 0.993. The smallest absolute Gasteiger partial charge is 0.0958 e. The van der Waals surface area contributed by atoms with E-state index < -0.39 is 0 Å². The molecule has 8 heavy (non-hydrogen) atoms. The van der Waals surface area contributed by atoms with E-state index in [0.29, 0.717) is 5.37 Å². The van der Waals surface area contributed by atoms with Gasteiger partial charge in [-0.15, -0.1) is 11.8 Å². The van der Waals surface area contributed by atoms with E-state index in [2.05, 4.69) is 16.8 Å². The molecule has 0 fully saturated rings. The molecular formula is C5H10N2S. The van der Waals surface area contributed by atoms with Gasteiger partial charge in [-0.2, -0.15) is 0 Å². The molecule has 3 heteroatoms. The summed E-state index contributed by atoms with van der Waals surface area (Å²) < 4.78 is 0. The summed E-state index contributed by atoms with van der Waals surface area (Å²) >= 11 is 1.85. The van der Waals surface area contributed by atoms with Gasteiger partial charge in [0.05, 0.1) is 17.6 Å². The molecule has 0 saturated heterocycles. The third-order valence-corrected chi connectivity index (χ3v) is 2.15. The Morgan fingerprint density at radius 3 is 3.00 bits per heavy atom. The maximum atomic E-state index is 4.17. The Balaban J connectivity index is 2.42. The van der Waals surface area contributed by atoms with E-state index in [-0.39, 0.29) is 0 Å². The molecule has 0 spiro atoms. The predicted octanol–water partition coefficient (Wildman–Crippen LogP) is 0.997. The molecule has 0 saturated carbocycles. The number of nitrogens with zero attached hydrogens (tertiary/aromatic N) is 2. The van der Waals surface area contributed by atoms with Gasteiger partial charge in [0.15, 0.2) is 0 Å². The molecule has 2 nitrogen and oxygen atoms in total. The summed E-state index contributed by atoms with van der Waals surface area (Å²) in [6.45, 7) is 2.11. The second-order valence-corrected chi connectivity index (χ2v) is 3.19. The van der Waals surface area contributed by atoms with E-state index >= 15 is 0 Å². The first kappa shape index (κ1) is 5.95. The zero-order valence-electron chi connectivity index (χ0n) is 5.16. The fourth-order valence-electron chi connectivity index (χ4n) is 0.509. The van der Waals surface area contributed by atoms with Crippen molar-refractivity contribution in [1.82, 2.24) is 4.90 Å². The molecule has 1 unspecified atom stereocenters. The van der Waals surface area contributed by atoms with E-state index in [9.17, 15) is 0 Å². The summed E-state index contributed by atoms with van der Waals surface area (Å²) in [5, 5.41) is 0.464. The van der Waals surface area contributed by atoms with E-state index in [1.165, 1.54) is 0 Å². The Hall–Kier alpha value is -0.180. The van der Waals surface area contributed by atoms with Crippen LogP contribution < -0.4 is 0 Å². The fraction of sp³-hybridized carbons (Fsp3) is 0.800. The van der Waals surface area contributed by atoms with E-state index in [1.54, 1.807) is 0 Å². The van der Waals surface area contributed by atoms with Crippen LogP contribution in [0.3, 0.4) is 0 Å². The number of hydrogen-bond acceptors (Lipinski definition) is 3. The molecule has 0 amide bonds. The maximum Gasteiger partial charge on any atom is 0.0958 e. The number of thioether (sulfide) groups is 1. The van der Waals surface area contributed by atoms with Crippen LogP contribution in [-0.2, 0) is 0 Å². The van der Waals surface area contributed by atoms with Crippen molar-refractivity contribution in [2.75, 3.05) is 12.9 Å². The molecule has 0 aromatic heterocycles. The molecule has 1 heterocycles. The Morgan fingerprint density at radius 1 is 1.88 bits per heavy atom. The molecule has 1 aliphatic rings. The topological polar surface area (TPSA) is 15.6 Å². The van der Waals surface area contributed by atoms with Crippen molar-refractivity contribution in [2.24, 2.45) is 4.99 Å². The van der Waals surface area contributed by atoms with Gasteiger partial charge in [-0.3, -0.25) is 4.99 Å². The highest BCUT2D eigenvalue weighted by Crippen LogP contribution is 2.14. The first-order chi connectivity index (χ1) is 3.79. The molecule has 0 aliphatic carbocycles. The second-order valence-electron chi connectivity index (χ2n) is 1.92. The van der Waals surface area contributed by atoms with Crippen LogP contribution in [0, 0.1) is 0 Å². The van der Waals surface area contributed by atoms with Crippen LogP contribution >= 0.6 is 11.8 Å². The average molecular weight is 130 g/mol. The van der Waals surface area contributed by atoms with Crippen molar-refractivity contribution < 1.29 is 0 Å². The van der Waals surface area contributed by atoms with Crippen LogP contribution in [-0.4, -0.2) is 29.5 Å². The third kappa shape index (κ3) is 1.40. The molecule has 0 N–H and O–H groups in total. The van der Waals surface area contributed by atoms with Crippen molar-refractivity contribution >= 4 is 18.1 Å². The van der Waals surface area contributed by atoms with Gasteiger partial charge in [-0.05, 0) is 6.92 Å². The van der Waals surface area contributed by atoms with Gasteiger partial charge in [0.2, 0.25) is 0 Å². The van der Waals surface area contributed by atoms with E-state index in [1.807, 2.05) is 25.1 Å². The van der Waals surface area contributed by atoms with Crippen LogP contribution in [0.1, 0.15) is 6.92 Å². The van der Waals surface area contributed by atoms with Gasteiger partial charge in [0.1, 0.15) is 0 Å². The molecule has 0 aromatic carbocycles. The summed E-state index contributed by atoms with van der Waals surface area (Å²) in [4.78, 5) is 6.25. The maximum absolute atomic E-state index is 4.17. The summed E-state index contributed by atoms with van der Waals surface area (Å²) in [5.41, 5.74) is 0. The Kier molecular flexibility index (Phi) is 1.78. The lowest BCUT2D eigenvalue weighted by Crippen LogP contribution is -2.21. The molecule has 1 atom stereocenters. The van der Waals surface area contributed by atoms with Crippen LogP contribution in [0.2, 0.25) is 0 Å². The van der Waals surface area contributed by atoms with Gasteiger partial charge in [-0.25, -0.2) is 0 Å². The lowest BCUT2D eigenvalue weighted by atomic mass is 10.7. The van der Waals surface area contributed by atoms with Gasteiger partial charge >= 0.3 is 0 Å². The van der Waals surface area contributed by atoms with Crippen molar-refractivity contribution in [1.29, 1.82) is 0 Å². The van der Waals surface area contributed by atoms with Crippen LogP contribution in [0.5, 0.6) is 0 Å². The summed E-state index contributed by atoms with van der Waals surface area (Å²) in [5.74, 6) is 1.07. The zero-order valence-corrected chi connectivity index (χ0v) is 5.98. The summed E-state index contributed by atoms with van der Waals surface area (Å²) in [6, 6.07) is 0. The average Bonchev–Trinajstić information content (AvgIpc) is 1.77. The molecule has 46 valence electrons. The lowest BCUT2D eigenvalue weighted by Gasteiger charge is -2.19. The summed E-state index contributed by atoms with van der Waals surface area (Å²) in [7, 11) is 2.03.